The SMILES string of the molecule is COCC(N)C(=O)NCCN1CCSCC1.Cl.Cl. The monoisotopic (exact) mass is 319 g/mol. The Kier molecular flexibility index (Phi) is 14.1. The van der Waals surface area contributed by atoms with E-state index in [1.54, 1.807) is 7.11 Å². The fraction of sp³-hybridized carbons (Fsp3) is 0.900. The molecule has 3 N–H and O–H groups in total. The average molecular weight is 320 g/mol. The molecule has 1 fully saturated rings. The summed E-state index contributed by atoms with van der Waals surface area (Å²) in [5, 5.41) is 2.82. The minimum Gasteiger partial charge on any atom is -0.383 e. The van der Waals surface area contributed by atoms with Gasteiger partial charge in [-0.25, -0.2) is 0 Å². The Morgan fingerprint density at radius 3 is 2.61 bits per heavy atom. The number of hydrogen-bond donors (Lipinski definition) is 2. The highest BCUT2D eigenvalue weighted by Gasteiger charge is 2.13. The van der Waals surface area contributed by atoms with Crippen molar-refractivity contribution < 1.29 is 9.53 Å². The Hall–Kier alpha value is 0.280. The molecule has 8 heteroatoms. The van der Waals surface area contributed by atoms with Crippen LogP contribution in [0.15, 0.2) is 0 Å². The van der Waals surface area contributed by atoms with Gasteiger partial charge in [0, 0.05) is 44.8 Å². The zero-order valence-corrected chi connectivity index (χ0v) is 13.0. The van der Waals surface area contributed by atoms with E-state index in [4.69, 9.17) is 10.5 Å². The number of rotatable bonds is 6. The Morgan fingerprint density at radius 1 is 1.44 bits per heavy atom. The van der Waals surface area contributed by atoms with Gasteiger partial charge in [0.25, 0.3) is 0 Å². The molecule has 1 atom stereocenters. The van der Waals surface area contributed by atoms with E-state index in [0.717, 1.165) is 19.6 Å². The molecule has 1 saturated heterocycles. The third-order valence-corrected chi connectivity index (χ3v) is 3.46. The first-order valence-electron chi connectivity index (χ1n) is 5.56. The molecule has 0 bridgehead atoms. The molecule has 5 nitrogen and oxygen atoms in total. The molecule has 0 radical (unpaired) electrons. The van der Waals surface area contributed by atoms with Gasteiger partial charge in [0.05, 0.1) is 6.61 Å². The number of thioether (sulfide) groups is 1. The molecule has 1 aliphatic rings. The van der Waals surface area contributed by atoms with E-state index in [2.05, 4.69) is 10.2 Å². The highest BCUT2D eigenvalue weighted by atomic mass is 35.5. The largest absolute Gasteiger partial charge is 0.383 e. The molecule has 110 valence electrons. The first-order valence-corrected chi connectivity index (χ1v) is 6.72. The van der Waals surface area contributed by atoms with Crippen LogP contribution in [0.3, 0.4) is 0 Å². The van der Waals surface area contributed by atoms with Crippen molar-refractivity contribution in [3.8, 4) is 0 Å². The van der Waals surface area contributed by atoms with Crippen molar-refractivity contribution in [2.24, 2.45) is 5.73 Å². The summed E-state index contributed by atoms with van der Waals surface area (Å²) in [6, 6.07) is -0.554. The quantitative estimate of drug-likeness (QED) is 0.719. The van der Waals surface area contributed by atoms with Crippen molar-refractivity contribution in [3.63, 3.8) is 0 Å². The molecule has 1 amide bonds. The van der Waals surface area contributed by atoms with Crippen molar-refractivity contribution in [3.05, 3.63) is 0 Å². The van der Waals surface area contributed by atoms with Crippen LogP contribution in [0.5, 0.6) is 0 Å². The summed E-state index contributed by atoms with van der Waals surface area (Å²) in [5.74, 6) is 2.25. The van der Waals surface area contributed by atoms with Gasteiger partial charge in [-0.05, 0) is 0 Å². The van der Waals surface area contributed by atoms with Crippen molar-refractivity contribution in [1.82, 2.24) is 10.2 Å². The fourth-order valence-corrected chi connectivity index (χ4v) is 2.53. The van der Waals surface area contributed by atoms with Gasteiger partial charge >= 0.3 is 0 Å². The normalized spacial score (nSPS) is 17.2. The average Bonchev–Trinajstić information content (AvgIpc) is 2.30. The van der Waals surface area contributed by atoms with E-state index in [-0.39, 0.29) is 37.3 Å². The second kappa shape index (κ2) is 12.3. The molecule has 0 aromatic rings. The molecule has 0 aromatic carbocycles. The Balaban J connectivity index is 0. The molecule has 0 aromatic heterocycles. The number of amides is 1. The maximum absolute atomic E-state index is 11.4. The summed E-state index contributed by atoms with van der Waals surface area (Å²) < 4.78 is 4.82. The van der Waals surface area contributed by atoms with Crippen molar-refractivity contribution in [1.29, 1.82) is 0 Å². The molecule has 1 unspecified atom stereocenters. The van der Waals surface area contributed by atoms with Gasteiger partial charge in [-0.15, -0.1) is 24.8 Å². The van der Waals surface area contributed by atoms with Crippen LogP contribution in [0.2, 0.25) is 0 Å². The van der Waals surface area contributed by atoms with Crippen LogP contribution in [-0.2, 0) is 9.53 Å². The molecule has 18 heavy (non-hydrogen) atoms. The zero-order chi connectivity index (χ0) is 11.8. The lowest BCUT2D eigenvalue weighted by Gasteiger charge is -2.26. The standard InChI is InChI=1S/C10H21N3O2S.2ClH/c1-15-8-9(11)10(14)12-2-3-13-4-6-16-7-5-13;;/h9H,2-8,11H2,1H3,(H,12,14);2*1H. The number of nitrogens with zero attached hydrogens (tertiary/aromatic N) is 1. The van der Waals surface area contributed by atoms with Crippen LogP contribution in [0.4, 0.5) is 0 Å². The van der Waals surface area contributed by atoms with E-state index >= 15 is 0 Å². The van der Waals surface area contributed by atoms with Crippen LogP contribution in [-0.4, -0.2) is 68.3 Å². The number of nitrogens with one attached hydrogen (secondary N) is 1. The van der Waals surface area contributed by atoms with Crippen LogP contribution in [0.25, 0.3) is 0 Å². The predicted molar refractivity (Wildman–Crippen MR) is 81.1 cm³/mol. The first kappa shape index (κ1) is 20.6. The number of ether oxygens (including phenoxy) is 1. The topological polar surface area (TPSA) is 67.6 Å². The number of nitrogens with two attached hydrogens (primary N) is 1. The maximum atomic E-state index is 11.4. The predicted octanol–water partition coefficient (Wildman–Crippen LogP) is -0.0313. The van der Waals surface area contributed by atoms with Crippen LogP contribution < -0.4 is 11.1 Å². The van der Waals surface area contributed by atoms with Gasteiger partial charge in [0.15, 0.2) is 0 Å². The lowest BCUT2D eigenvalue weighted by atomic mass is 10.3. The number of carbonyl (C=O) groups excluding carboxylic acids is 1. The lowest BCUT2D eigenvalue weighted by Crippen LogP contribution is -2.46. The van der Waals surface area contributed by atoms with Crippen molar-refractivity contribution in [2.75, 3.05) is 51.4 Å². The summed E-state index contributed by atoms with van der Waals surface area (Å²) in [7, 11) is 1.54. The highest BCUT2D eigenvalue weighted by molar-refractivity contribution is 7.99. The van der Waals surface area contributed by atoms with Gasteiger partial charge in [0.2, 0.25) is 5.91 Å². The van der Waals surface area contributed by atoms with E-state index in [9.17, 15) is 4.79 Å². The van der Waals surface area contributed by atoms with Gasteiger partial charge in [0.1, 0.15) is 6.04 Å². The minimum absolute atomic E-state index is 0. The Labute approximate surface area is 125 Å². The molecule has 1 aliphatic heterocycles. The summed E-state index contributed by atoms with van der Waals surface area (Å²) >= 11 is 1.98. The van der Waals surface area contributed by atoms with Gasteiger partial charge in [-0.1, -0.05) is 0 Å². The molecule has 1 heterocycles. The number of hydrogen-bond acceptors (Lipinski definition) is 5. The molecular formula is C10H23Cl2N3O2S. The van der Waals surface area contributed by atoms with Gasteiger partial charge in [-0.3, -0.25) is 9.69 Å². The van der Waals surface area contributed by atoms with Crippen LogP contribution in [0.1, 0.15) is 0 Å². The Morgan fingerprint density at radius 2 is 2.06 bits per heavy atom. The van der Waals surface area contributed by atoms with E-state index in [1.165, 1.54) is 11.5 Å². The summed E-state index contributed by atoms with van der Waals surface area (Å²) in [4.78, 5) is 13.8. The van der Waals surface area contributed by atoms with Crippen LogP contribution >= 0.6 is 36.6 Å². The summed E-state index contributed by atoms with van der Waals surface area (Å²) in [6.07, 6.45) is 0. The van der Waals surface area contributed by atoms with E-state index in [0.29, 0.717) is 6.54 Å². The first-order chi connectivity index (χ1) is 7.74. The zero-order valence-electron chi connectivity index (χ0n) is 10.6. The van der Waals surface area contributed by atoms with E-state index in [1.807, 2.05) is 11.8 Å². The number of methoxy groups -OCH3 is 1. The molecule has 1 rings (SSSR count). The Bertz CT molecular complexity index is 219. The molecular weight excluding hydrogens is 297 g/mol. The third kappa shape index (κ3) is 8.39. The highest BCUT2D eigenvalue weighted by Crippen LogP contribution is 2.07. The summed E-state index contributed by atoms with van der Waals surface area (Å²) in [5.41, 5.74) is 5.59. The van der Waals surface area contributed by atoms with Crippen molar-refractivity contribution >= 4 is 42.5 Å². The number of carbonyl (C=O) groups is 1. The molecule has 0 saturated carbocycles. The van der Waals surface area contributed by atoms with Gasteiger partial charge in [-0.2, -0.15) is 11.8 Å². The molecule has 0 aliphatic carbocycles. The smallest absolute Gasteiger partial charge is 0.239 e. The summed E-state index contributed by atoms with van der Waals surface area (Å²) in [6.45, 7) is 4.08. The van der Waals surface area contributed by atoms with Crippen LogP contribution in [0, 0.1) is 0 Å². The second-order valence-electron chi connectivity index (χ2n) is 3.81. The second-order valence-corrected chi connectivity index (χ2v) is 5.03. The van der Waals surface area contributed by atoms with Crippen molar-refractivity contribution in [2.45, 2.75) is 6.04 Å². The number of halogens is 2. The maximum Gasteiger partial charge on any atom is 0.239 e. The third-order valence-electron chi connectivity index (χ3n) is 2.51. The molecule has 0 spiro atoms. The van der Waals surface area contributed by atoms with Gasteiger partial charge < -0.3 is 15.8 Å². The minimum atomic E-state index is -0.554. The fourth-order valence-electron chi connectivity index (χ4n) is 1.55. The lowest BCUT2D eigenvalue weighted by molar-refractivity contribution is -0.123. The van der Waals surface area contributed by atoms with E-state index < -0.39 is 6.04 Å².